The van der Waals surface area contributed by atoms with E-state index in [2.05, 4.69) is 9.98 Å². The Balaban J connectivity index is 2.85. The van der Waals surface area contributed by atoms with Gasteiger partial charge in [0.15, 0.2) is 0 Å². The van der Waals surface area contributed by atoms with Gasteiger partial charge in [-0.25, -0.2) is 4.99 Å². The Bertz CT molecular complexity index is 245. The molecule has 1 rings (SSSR count). The van der Waals surface area contributed by atoms with Crippen molar-refractivity contribution in [2.45, 2.75) is 0 Å². The molecule has 58 valence electrons. The molecule has 0 aliphatic carbocycles. The molecule has 0 fully saturated rings. The molecule has 1 aromatic rings. The highest BCUT2D eigenvalue weighted by molar-refractivity contribution is 5.97. The third kappa shape index (κ3) is 2.01. The maximum Gasteiger partial charge on any atom is 0.136 e. The molecule has 0 unspecified atom stereocenters. The third-order valence-electron chi connectivity index (χ3n) is 1.20. The standard InChI is InChI=1S/C7H9N3O/c8-7(10-5-11)6-2-1-3-9-4-6/h1-4,11H,5H2,(H2,8,10). The highest BCUT2D eigenvalue weighted by atomic mass is 16.3. The van der Waals surface area contributed by atoms with Gasteiger partial charge in [-0.3, -0.25) is 4.98 Å². The number of aliphatic imine (C=N–C) groups is 1. The van der Waals surface area contributed by atoms with Crippen molar-refractivity contribution < 1.29 is 5.11 Å². The molecule has 0 radical (unpaired) electrons. The van der Waals surface area contributed by atoms with E-state index in [4.69, 9.17) is 10.8 Å². The van der Waals surface area contributed by atoms with Crippen LogP contribution in [0.25, 0.3) is 0 Å². The van der Waals surface area contributed by atoms with Crippen LogP contribution in [-0.2, 0) is 0 Å². The van der Waals surface area contributed by atoms with E-state index in [-0.39, 0.29) is 6.73 Å². The molecule has 0 aliphatic heterocycles. The molecular formula is C7H9N3O. The molecular weight excluding hydrogens is 142 g/mol. The van der Waals surface area contributed by atoms with Crippen molar-refractivity contribution in [1.29, 1.82) is 0 Å². The summed E-state index contributed by atoms with van der Waals surface area (Å²) in [5.41, 5.74) is 6.18. The van der Waals surface area contributed by atoms with Gasteiger partial charge < -0.3 is 10.8 Å². The van der Waals surface area contributed by atoms with Crippen LogP contribution in [-0.4, -0.2) is 22.7 Å². The Labute approximate surface area is 64.4 Å². The van der Waals surface area contributed by atoms with Crippen LogP contribution in [0.2, 0.25) is 0 Å². The Hall–Kier alpha value is -1.42. The fraction of sp³-hybridized carbons (Fsp3) is 0.143. The number of amidine groups is 1. The molecule has 11 heavy (non-hydrogen) atoms. The van der Waals surface area contributed by atoms with Gasteiger partial charge in [0.25, 0.3) is 0 Å². The predicted molar refractivity (Wildman–Crippen MR) is 42.0 cm³/mol. The van der Waals surface area contributed by atoms with Crippen LogP contribution < -0.4 is 5.73 Å². The number of nitrogens with zero attached hydrogens (tertiary/aromatic N) is 2. The molecule has 0 aromatic carbocycles. The number of hydrogen-bond donors (Lipinski definition) is 2. The molecule has 0 aliphatic rings. The molecule has 1 aromatic heterocycles. The second kappa shape index (κ2) is 3.68. The van der Waals surface area contributed by atoms with Gasteiger partial charge in [-0.15, -0.1) is 0 Å². The number of aliphatic hydroxyl groups is 1. The first-order valence-electron chi connectivity index (χ1n) is 3.16. The lowest BCUT2D eigenvalue weighted by atomic mass is 10.3. The molecule has 3 N–H and O–H groups in total. The van der Waals surface area contributed by atoms with E-state index < -0.39 is 0 Å². The summed E-state index contributed by atoms with van der Waals surface area (Å²) in [5.74, 6) is 0.306. The topological polar surface area (TPSA) is 71.5 Å². The summed E-state index contributed by atoms with van der Waals surface area (Å²) in [5, 5.41) is 8.41. The quantitative estimate of drug-likeness (QED) is 0.451. The van der Waals surface area contributed by atoms with Crippen LogP contribution in [0.5, 0.6) is 0 Å². The summed E-state index contributed by atoms with van der Waals surface area (Å²) in [6.45, 7) is -0.291. The summed E-state index contributed by atoms with van der Waals surface area (Å²) >= 11 is 0. The summed E-state index contributed by atoms with van der Waals surface area (Å²) in [6, 6.07) is 3.54. The van der Waals surface area contributed by atoms with E-state index in [1.165, 1.54) is 0 Å². The van der Waals surface area contributed by atoms with Crippen LogP contribution in [0.3, 0.4) is 0 Å². The van der Waals surface area contributed by atoms with Crippen molar-refractivity contribution in [3.8, 4) is 0 Å². The third-order valence-corrected chi connectivity index (χ3v) is 1.20. The molecule has 0 saturated heterocycles. The zero-order valence-corrected chi connectivity index (χ0v) is 5.94. The van der Waals surface area contributed by atoms with E-state index in [1.54, 1.807) is 24.5 Å². The minimum atomic E-state index is -0.291. The van der Waals surface area contributed by atoms with Crippen molar-refractivity contribution in [3.05, 3.63) is 30.1 Å². The molecule has 1 heterocycles. The highest BCUT2D eigenvalue weighted by Gasteiger charge is 1.94. The van der Waals surface area contributed by atoms with Gasteiger partial charge in [0.05, 0.1) is 0 Å². The first-order chi connectivity index (χ1) is 5.34. The molecule has 0 atom stereocenters. The van der Waals surface area contributed by atoms with Crippen molar-refractivity contribution in [2.75, 3.05) is 6.73 Å². The SMILES string of the molecule is NC(=NCO)c1cccnc1. The van der Waals surface area contributed by atoms with E-state index in [1.807, 2.05) is 0 Å². The van der Waals surface area contributed by atoms with Gasteiger partial charge in [-0.2, -0.15) is 0 Å². The number of hydrogen-bond acceptors (Lipinski definition) is 3. The van der Waals surface area contributed by atoms with Crippen LogP contribution >= 0.6 is 0 Å². The van der Waals surface area contributed by atoms with Gasteiger partial charge in [0.2, 0.25) is 0 Å². The van der Waals surface area contributed by atoms with Crippen molar-refractivity contribution in [3.63, 3.8) is 0 Å². The molecule has 4 heteroatoms. The summed E-state index contributed by atoms with van der Waals surface area (Å²) < 4.78 is 0. The predicted octanol–water partition coefficient (Wildman–Crippen LogP) is -0.263. The Morgan fingerprint density at radius 2 is 2.55 bits per heavy atom. The van der Waals surface area contributed by atoms with E-state index in [9.17, 15) is 0 Å². The first kappa shape index (κ1) is 7.68. The van der Waals surface area contributed by atoms with Gasteiger partial charge in [-0.1, -0.05) is 0 Å². The number of aromatic nitrogens is 1. The van der Waals surface area contributed by atoms with E-state index >= 15 is 0 Å². The fourth-order valence-electron chi connectivity index (χ4n) is 0.682. The Morgan fingerprint density at radius 1 is 1.73 bits per heavy atom. The summed E-state index contributed by atoms with van der Waals surface area (Å²) in [4.78, 5) is 7.45. The molecule has 0 spiro atoms. The van der Waals surface area contributed by atoms with Crippen LogP contribution in [0, 0.1) is 0 Å². The number of rotatable bonds is 2. The normalized spacial score (nSPS) is 11.5. The Morgan fingerprint density at radius 3 is 3.09 bits per heavy atom. The van der Waals surface area contributed by atoms with Crippen molar-refractivity contribution in [2.24, 2.45) is 10.7 Å². The van der Waals surface area contributed by atoms with Gasteiger partial charge in [0, 0.05) is 18.0 Å². The second-order valence-electron chi connectivity index (χ2n) is 1.93. The fourth-order valence-corrected chi connectivity index (χ4v) is 0.682. The van der Waals surface area contributed by atoms with Gasteiger partial charge in [-0.05, 0) is 12.1 Å². The minimum Gasteiger partial charge on any atom is -0.383 e. The number of aliphatic hydroxyl groups excluding tert-OH is 1. The maximum atomic E-state index is 8.41. The van der Waals surface area contributed by atoms with E-state index in [0.717, 1.165) is 5.56 Å². The van der Waals surface area contributed by atoms with Crippen LogP contribution in [0.1, 0.15) is 5.56 Å². The second-order valence-corrected chi connectivity index (χ2v) is 1.93. The number of pyridine rings is 1. The maximum absolute atomic E-state index is 8.41. The largest absolute Gasteiger partial charge is 0.383 e. The minimum absolute atomic E-state index is 0.291. The average Bonchev–Trinajstić information content (AvgIpc) is 2.07. The lowest BCUT2D eigenvalue weighted by Crippen LogP contribution is -2.13. The summed E-state index contributed by atoms with van der Waals surface area (Å²) in [6.07, 6.45) is 3.24. The lowest BCUT2D eigenvalue weighted by Gasteiger charge is -1.96. The van der Waals surface area contributed by atoms with Crippen molar-refractivity contribution in [1.82, 2.24) is 4.98 Å². The van der Waals surface area contributed by atoms with Gasteiger partial charge in [0.1, 0.15) is 12.6 Å². The van der Waals surface area contributed by atoms with Gasteiger partial charge >= 0.3 is 0 Å². The molecule has 0 saturated carbocycles. The van der Waals surface area contributed by atoms with Crippen LogP contribution in [0.4, 0.5) is 0 Å². The highest BCUT2D eigenvalue weighted by Crippen LogP contribution is 1.93. The smallest absolute Gasteiger partial charge is 0.136 e. The zero-order valence-electron chi connectivity index (χ0n) is 5.94. The molecule has 4 nitrogen and oxygen atoms in total. The van der Waals surface area contributed by atoms with Crippen LogP contribution in [0.15, 0.2) is 29.5 Å². The van der Waals surface area contributed by atoms with E-state index in [0.29, 0.717) is 5.84 Å². The molecule has 0 bridgehead atoms. The lowest BCUT2D eigenvalue weighted by molar-refractivity contribution is 0.309. The van der Waals surface area contributed by atoms with Crippen molar-refractivity contribution >= 4 is 5.84 Å². The summed E-state index contributed by atoms with van der Waals surface area (Å²) in [7, 11) is 0. The first-order valence-corrected chi connectivity index (χ1v) is 3.16. The zero-order chi connectivity index (χ0) is 8.10. The molecule has 0 amide bonds. The number of nitrogens with two attached hydrogens (primary N) is 1. The average molecular weight is 151 g/mol. The Kier molecular flexibility index (Phi) is 2.57. The monoisotopic (exact) mass is 151 g/mol.